The first-order chi connectivity index (χ1) is 15.2. The Balaban J connectivity index is 1.92. The van der Waals surface area contributed by atoms with Crippen LogP contribution < -0.4 is 15.6 Å². The molecule has 8 heteroatoms. The van der Waals surface area contributed by atoms with Gasteiger partial charge in [0.15, 0.2) is 5.69 Å². The molecule has 0 saturated carbocycles. The predicted molar refractivity (Wildman–Crippen MR) is 122 cm³/mol. The fraction of sp³-hybridized carbons (Fsp3) is 0.292. The minimum absolute atomic E-state index is 0.0837. The van der Waals surface area contributed by atoms with Crippen LogP contribution in [0.15, 0.2) is 59.9 Å². The lowest BCUT2D eigenvalue weighted by molar-refractivity contribution is -0.0566. The van der Waals surface area contributed by atoms with Gasteiger partial charge in [-0.15, -0.1) is 0 Å². The molecule has 1 aromatic heterocycles. The van der Waals surface area contributed by atoms with Gasteiger partial charge in [0.2, 0.25) is 5.75 Å². The van der Waals surface area contributed by atoms with Crippen molar-refractivity contribution in [3.63, 3.8) is 0 Å². The maximum absolute atomic E-state index is 12.9. The van der Waals surface area contributed by atoms with Crippen molar-refractivity contribution in [1.29, 1.82) is 0 Å². The van der Waals surface area contributed by atoms with Crippen LogP contribution in [0.3, 0.4) is 0 Å². The Labute approximate surface area is 186 Å². The van der Waals surface area contributed by atoms with Crippen LogP contribution in [0.4, 0.5) is 0 Å². The van der Waals surface area contributed by atoms with Gasteiger partial charge in [-0.3, -0.25) is 14.2 Å². The lowest BCUT2D eigenvalue weighted by Gasteiger charge is -2.32. The number of methoxy groups -OCH3 is 1. The van der Waals surface area contributed by atoms with Crippen molar-refractivity contribution in [2.75, 3.05) is 20.3 Å². The van der Waals surface area contributed by atoms with E-state index in [1.165, 1.54) is 4.57 Å². The van der Waals surface area contributed by atoms with E-state index in [2.05, 4.69) is 23.5 Å². The van der Waals surface area contributed by atoms with Crippen molar-refractivity contribution < 1.29 is 19.4 Å². The lowest BCUT2D eigenvalue weighted by atomic mass is 9.99. The number of benzene rings is 1. The van der Waals surface area contributed by atoms with E-state index in [1.54, 1.807) is 33.1 Å². The molecule has 0 unspecified atom stereocenters. The van der Waals surface area contributed by atoms with Crippen LogP contribution in [0.25, 0.3) is 5.57 Å². The molecule has 0 radical (unpaired) electrons. The SMILES string of the molecule is C=C/C(CNC(=O)c1nc2n(c(=O)c1O)CCOC2(C)C)=C(\C=C)c1cccc(OC)c1. The summed E-state index contributed by atoms with van der Waals surface area (Å²) in [7, 11) is 1.58. The molecule has 1 aliphatic rings. The molecule has 0 atom stereocenters. The summed E-state index contributed by atoms with van der Waals surface area (Å²) in [6.45, 7) is 11.9. The van der Waals surface area contributed by atoms with Gasteiger partial charge in [0, 0.05) is 6.54 Å². The van der Waals surface area contributed by atoms with E-state index in [0.717, 1.165) is 11.1 Å². The van der Waals surface area contributed by atoms with Crippen molar-refractivity contribution in [2.24, 2.45) is 0 Å². The first kappa shape index (κ1) is 23.0. The average molecular weight is 437 g/mol. The zero-order valence-corrected chi connectivity index (χ0v) is 18.5. The molecule has 1 aliphatic heterocycles. The molecule has 1 aromatic carbocycles. The Bertz CT molecular complexity index is 1160. The number of aromatic nitrogens is 2. The fourth-order valence-electron chi connectivity index (χ4n) is 3.59. The van der Waals surface area contributed by atoms with Gasteiger partial charge < -0.3 is 19.9 Å². The number of rotatable bonds is 7. The molecule has 8 nitrogen and oxygen atoms in total. The molecule has 3 rings (SSSR count). The van der Waals surface area contributed by atoms with Crippen LogP contribution in [0.1, 0.15) is 35.7 Å². The minimum Gasteiger partial charge on any atom is -0.501 e. The molecule has 2 aromatic rings. The standard InChI is InChI=1S/C24H27N3O5/c1-6-15(18(7-2)16-9-8-10-17(13-16)31-5)14-25-21(29)19-20(28)22(30)27-11-12-32-24(3,4)23(27)26-19/h6-10,13,28H,1-2,11-12,14H2,3-5H3,(H,25,29)/b18-15-. The average Bonchev–Trinajstić information content (AvgIpc) is 2.78. The Morgan fingerprint density at radius 3 is 2.78 bits per heavy atom. The molecule has 2 N–H and O–H groups in total. The molecule has 32 heavy (non-hydrogen) atoms. The van der Waals surface area contributed by atoms with Gasteiger partial charge in [0.25, 0.3) is 11.5 Å². The summed E-state index contributed by atoms with van der Waals surface area (Å²) in [5, 5.41) is 13.1. The molecular weight excluding hydrogens is 410 g/mol. The Morgan fingerprint density at radius 1 is 1.38 bits per heavy atom. The fourth-order valence-corrected chi connectivity index (χ4v) is 3.59. The first-order valence-electron chi connectivity index (χ1n) is 10.1. The number of hydrogen-bond acceptors (Lipinski definition) is 6. The second-order valence-corrected chi connectivity index (χ2v) is 7.71. The van der Waals surface area contributed by atoms with Crippen molar-refractivity contribution >= 4 is 11.5 Å². The second kappa shape index (κ2) is 9.23. The number of nitrogens with one attached hydrogen (secondary N) is 1. The topological polar surface area (TPSA) is 103 Å². The van der Waals surface area contributed by atoms with Crippen LogP contribution in [0.2, 0.25) is 0 Å². The highest BCUT2D eigenvalue weighted by molar-refractivity contribution is 5.95. The molecule has 0 spiro atoms. The smallest absolute Gasteiger partial charge is 0.296 e. The molecule has 168 valence electrons. The number of ether oxygens (including phenoxy) is 2. The van der Waals surface area contributed by atoms with Crippen molar-refractivity contribution in [3.05, 3.63) is 82.6 Å². The summed E-state index contributed by atoms with van der Waals surface area (Å²) in [6.07, 6.45) is 3.28. The van der Waals surface area contributed by atoms with Gasteiger partial charge in [-0.05, 0) is 42.7 Å². The quantitative estimate of drug-likeness (QED) is 0.646. The number of nitrogens with zero attached hydrogens (tertiary/aromatic N) is 2. The highest BCUT2D eigenvalue weighted by atomic mass is 16.5. The van der Waals surface area contributed by atoms with Crippen molar-refractivity contribution in [2.45, 2.75) is 26.0 Å². The zero-order chi connectivity index (χ0) is 23.5. The van der Waals surface area contributed by atoms with Gasteiger partial charge in [-0.25, -0.2) is 4.98 Å². The van der Waals surface area contributed by atoms with E-state index in [-0.39, 0.29) is 18.8 Å². The van der Waals surface area contributed by atoms with Crippen LogP contribution in [-0.4, -0.2) is 40.8 Å². The van der Waals surface area contributed by atoms with Crippen molar-refractivity contribution in [1.82, 2.24) is 14.9 Å². The van der Waals surface area contributed by atoms with Crippen molar-refractivity contribution in [3.8, 4) is 11.5 Å². The summed E-state index contributed by atoms with van der Waals surface area (Å²) in [5.74, 6) is -0.398. The van der Waals surface area contributed by atoms with E-state index < -0.39 is 22.8 Å². The summed E-state index contributed by atoms with van der Waals surface area (Å²) in [6, 6.07) is 7.42. The third-order valence-corrected chi connectivity index (χ3v) is 5.29. The first-order valence-corrected chi connectivity index (χ1v) is 10.1. The number of allylic oxidation sites excluding steroid dienone is 2. The van der Waals surface area contributed by atoms with E-state index in [9.17, 15) is 14.7 Å². The molecule has 0 bridgehead atoms. The van der Waals surface area contributed by atoms with Gasteiger partial charge in [0.1, 0.15) is 17.2 Å². The van der Waals surface area contributed by atoms with Gasteiger partial charge >= 0.3 is 0 Å². The zero-order valence-electron chi connectivity index (χ0n) is 18.5. The summed E-state index contributed by atoms with van der Waals surface area (Å²) < 4.78 is 12.3. The third-order valence-electron chi connectivity index (χ3n) is 5.29. The lowest BCUT2D eigenvalue weighted by Crippen LogP contribution is -2.42. The Kier molecular flexibility index (Phi) is 6.64. The molecule has 0 fully saturated rings. The maximum atomic E-state index is 12.9. The van der Waals surface area contributed by atoms with E-state index in [1.807, 2.05) is 24.3 Å². The highest BCUT2D eigenvalue weighted by Gasteiger charge is 2.34. The second-order valence-electron chi connectivity index (χ2n) is 7.71. The largest absolute Gasteiger partial charge is 0.501 e. The number of amides is 1. The molecule has 0 aliphatic carbocycles. The van der Waals surface area contributed by atoms with Crippen LogP contribution in [-0.2, 0) is 16.9 Å². The molecule has 2 heterocycles. The Morgan fingerprint density at radius 2 is 2.12 bits per heavy atom. The van der Waals surface area contributed by atoms with Crippen LogP contribution in [0.5, 0.6) is 11.5 Å². The maximum Gasteiger partial charge on any atom is 0.296 e. The van der Waals surface area contributed by atoms with Gasteiger partial charge in [-0.2, -0.15) is 0 Å². The minimum atomic E-state index is -0.866. The summed E-state index contributed by atoms with van der Waals surface area (Å²) in [5.41, 5.74) is 0.421. The number of fused-ring (bicyclic) bond motifs is 1. The number of carbonyl (C=O) groups is 1. The predicted octanol–water partition coefficient (Wildman–Crippen LogP) is 2.78. The molecule has 0 saturated heterocycles. The van der Waals surface area contributed by atoms with Gasteiger partial charge in [-0.1, -0.05) is 37.4 Å². The summed E-state index contributed by atoms with van der Waals surface area (Å²) >= 11 is 0. The van der Waals surface area contributed by atoms with Gasteiger partial charge in [0.05, 0.1) is 20.3 Å². The van der Waals surface area contributed by atoms with E-state index in [4.69, 9.17) is 9.47 Å². The van der Waals surface area contributed by atoms with E-state index >= 15 is 0 Å². The molecule has 1 amide bonds. The number of hydrogen-bond donors (Lipinski definition) is 2. The monoisotopic (exact) mass is 437 g/mol. The number of carbonyl (C=O) groups excluding carboxylic acids is 1. The Hall–Kier alpha value is -3.65. The van der Waals surface area contributed by atoms with Crippen LogP contribution in [0, 0.1) is 0 Å². The molecular formula is C24H27N3O5. The highest BCUT2D eigenvalue weighted by Crippen LogP contribution is 2.28. The number of aromatic hydroxyl groups is 1. The third kappa shape index (κ3) is 4.36. The normalized spacial score (nSPS) is 15.2. The van der Waals surface area contributed by atoms with E-state index in [0.29, 0.717) is 23.8 Å². The van der Waals surface area contributed by atoms with Crippen LogP contribution >= 0.6 is 0 Å². The summed E-state index contributed by atoms with van der Waals surface area (Å²) in [4.78, 5) is 29.7.